The van der Waals surface area contributed by atoms with Crippen molar-refractivity contribution in [3.8, 4) is 5.69 Å². The second-order valence-corrected chi connectivity index (χ2v) is 5.68. The van der Waals surface area contributed by atoms with Gasteiger partial charge in [0.25, 0.3) is 5.91 Å². The highest BCUT2D eigenvalue weighted by Gasteiger charge is 2.24. The summed E-state index contributed by atoms with van der Waals surface area (Å²) in [4.78, 5) is 14.4. The smallest absolute Gasteiger partial charge is 0.274 e. The van der Waals surface area contributed by atoms with E-state index in [1.807, 2.05) is 35.2 Å². The summed E-state index contributed by atoms with van der Waals surface area (Å²) < 4.78 is 1.61. The molecule has 2 heterocycles. The molecule has 2 N–H and O–H groups in total. The van der Waals surface area contributed by atoms with Crippen molar-refractivity contribution in [2.24, 2.45) is 5.92 Å². The minimum Gasteiger partial charge on any atom is -0.384 e. The number of nitrogens with zero attached hydrogens (tertiary/aromatic N) is 3. The van der Waals surface area contributed by atoms with Gasteiger partial charge >= 0.3 is 0 Å². The normalized spacial score (nSPS) is 16.1. The first-order chi connectivity index (χ1) is 10.1. The molecule has 0 aliphatic carbocycles. The largest absolute Gasteiger partial charge is 0.384 e. The minimum absolute atomic E-state index is 0.0247. The molecule has 110 valence electrons. The summed E-state index contributed by atoms with van der Waals surface area (Å²) in [7, 11) is 0. The molecule has 2 aromatic rings. The van der Waals surface area contributed by atoms with Crippen molar-refractivity contribution in [3.05, 3.63) is 42.1 Å². The third-order valence-electron chi connectivity index (χ3n) is 4.03. The van der Waals surface area contributed by atoms with Crippen LogP contribution in [0.2, 0.25) is 0 Å². The van der Waals surface area contributed by atoms with Crippen molar-refractivity contribution in [2.75, 3.05) is 18.8 Å². The molecule has 0 saturated carbocycles. The Morgan fingerprint density at radius 3 is 2.57 bits per heavy atom. The molecule has 1 aromatic carbocycles. The molecule has 0 atom stereocenters. The van der Waals surface area contributed by atoms with Gasteiger partial charge in [0.2, 0.25) is 0 Å². The number of carbonyl (C=O) groups excluding carboxylic acids is 1. The second-order valence-electron chi connectivity index (χ2n) is 5.68. The summed E-state index contributed by atoms with van der Waals surface area (Å²) in [6, 6.07) is 11.3. The molecule has 1 aliphatic rings. The van der Waals surface area contributed by atoms with Gasteiger partial charge in [0.1, 0.15) is 5.82 Å². The van der Waals surface area contributed by atoms with Gasteiger partial charge in [-0.1, -0.05) is 25.1 Å². The van der Waals surface area contributed by atoms with Gasteiger partial charge < -0.3 is 10.6 Å². The first-order valence-corrected chi connectivity index (χ1v) is 7.35. The van der Waals surface area contributed by atoms with E-state index in [1.165, 1.54) is 0 Å². The Balaban J connectivity index is 1.82. The molecule has 0 bridgehead atoms. The molecule has 0 unspecified atom stereocenters. The van der Waals surface area contributed by atoms with Crippen molar-refractivity contribution < 1.29 is 4.79 Å². The summed E-state index contributed by atoms with van der Waals surface area (Å²) in [5, 5.41) is 4.37. The summed E-state index contributed by atoms with van der Waals surface area (Å²) in [5.74, 6) is 1.15. The Morgan fingerprint density at radius 1 is 1.24 bits per heavy atom. The van der Waals surface area contributed by atoms with Crippen LogP contribution in [0.1, 0.15) is 30.3 Å². The minimum atomic E-state index is -0.0247. The number of likely N-dealkylation sites (tertiary alicyclic amines) is 1. The lowest BCUT2D eigenvalue weighted by Crippen LogP contribution is -2.38. The summed E-state index contributed by atoms with van der Waals surface area (Å²) in [5.41, 5.74) is 7.28. The lowest BCUT2D eigenvalue weighted by atomic mass is 9.99. The highest BCUT2D eigenvalue weighted by molar-refractivity contribution is 5.93. The number of carbonyl (C=O) groups is 1. The molecule has 1 aliphatic heterocycles. The van der Waals surface area contributed by atoms with Crippen molar-refractivity contribution in [2.45, 2.75) is 19.8 Å². The number of aromatic nitrogens is 2. The number of rotatable bonds is 2. The Labute approximate surface area is 124 Å². The standard InChI is InChI=1S/C16H20N4O/c1-12-7-9-19(10-8-12)16(21)14-11-15(17)20(18-14)13-5-3-2-4-6-13/h2-6,11-12H,7-10,17H2,1H3. The zero-order valence-corrected chi connectivity index (χ0v) is 12.2. The monoisotopic (exact) mass is 284 g/mol. The molecule has 0 radical (unpaired) electrons. The van der Waals surface area contributed by atoms with Crippen molar-refractivity contribution in [1.82, 2.24) is 14.7 Å². The van der Waals surface area contributed by atoms with Crippen LogP contribution in [0, 0.1) is 5.92 Å². The van der Waals surface area contributed by atoms with Crippen molar-refractivity contribution >= 4 is 11.7 Å². The van der Waals surface area contributed by atoms with Crippen LogP contribution in [0.5, 0.6) is 0 Å². The number of hydrogen-bond acceptors (Lipinski definition) is 3. The number of nitrogen functional groups attached to an aromatic ring is 1. The fourth-order valence-electron chi connectivity index (χ4n) is 2.65. The molecule has 1 saturated heterocycles. The van der Waals surface area contributed by atoms with Gasteiger partial charge in [-0.3, -0.25) is 4.79 Å². The van der Waals surface area contributed by atoms with Crippen LogP contribution in [-0.2, 0) is 0 Å². The highest BCUT2D eigenvalue weighted by atomic mass is 16.2. The predicted molar refractivity (Wildman–Crippen MR) is 82.3 cm³/mol. The highest BCUT2D eigenvalue weighted by Crippen LogP contribution is 2.20. The van der Waals surface area contributed by atoms with Crippen LogP contribution in [0.25, 0.3) is 5.69 Å². The molecule has 1 amide bonds. The third-order valence-corrected chi connectivity index (χ3v) is 4.03. The zero-order valence-electron chi connectivity index (χ0n) is 12.2. The molecular weight excluding hydrogens is 264 g/mol. The average molecular weight is 284 g/mol. The number of amides is 1. The predicted octanol–water partition coefficient (Wildman–Crippen LogP) is 2.33. The van der Waals surface area contributed by atoms with E-state index in [1.54, 1.807) is 10.7 Å². The van der Waals surface area contributed by atoms with Crippen molar-refractivity contribution in [1.29, 1.82) is 0 Å². The van der Waals surface area contributed by atoms with E-state index in [0.29, 0.717) is 17.4 Å². The lowest BCUT2D eigenvalue weighted by molar-refractivity contribution is 0.0691. The zero-order chi connectivity index (χ0) is 14.8. The molecule has 21 heavy (non-hydrogen) atoms. The van der Waals surface area contributed by atoms with Crippen LogP contribution in [-0.4, -0.2) is 33.7 Å². The van der Waals surface area contributed by atoms with Crippen molar-refractivity contribution in [3.63, 3.8) is 0 Å². The van der Waals surface area contributed by atoms with Gasteiger partial charge in [-0.2, -0.15) is 5.10 Å². The van der Waals surface area contributed by atoms with Crippen LogP contribution in [0.3, 0.4) is 0 Å². The molecule has 1 aromatic heterocycles. The maximum Gasteiger partial charge on any atom is 0.274 e. The van der Waals surface area contributed by atoms with Gasteiger partial charge in [0, 0.05) is 19.2 Å². The lowest BCUT2D eigenvalue weighted by Gasteiger charge is -2.29. The van der Waals surface area contributed by atoms with Crippen LogP contribution < -0.4 is 5.73 Å². The maximum atomic E-state index is 12.5. The molecular formula is C16H20N4O. The summed E-state index contributed by atoms with van der Waals surface area (Å²) in [6.45, 7) is 3.83. The Kier molecular flexibility index (Phi) is 3.64. The fraction of sp³-hybridized carbons (Fsp3) is 0.375. The first kappa shape index (κ1) is 13.7. The molecule has 5 nitrogen and oxygen atoms in total. The van der Waals surface area contributed by atoms with E-state index in [2.05, 4.69) is 12.0 Å². The van der Waals surface area contributed by atoms with E-state index in [9.17, 15) is 4.79 Å². The van der Waals surface area contributed by atoms with E-state index >= 15 is 0 Å². The van der Waals surface area contributed by atoms with E-state index in [0.717, 1.165) is 31.6 Å². The van der Waals surface area contributed by atoms with Gasteiger partial charge in [0.05, 0.1) is 5.69 Å². The van der Waals surface area contributed by atoms with E-state index in [4.69, 9.17) is 5.73 Å². The topological polar surface area (TPSA) is 64.2 Å². The fourth-order valence-corrected chi connectivity index (χ4v) is 2.65. The molecule has 5 heteroatoms. The second kappa shape index (κ2) is 5.60. The summed E-state index contributed by atoms with van der Waals surface area (Å²) in [6.07, 6.45) is 2.11. The number of piperidine rings is 1. The Morgan fingerprint density at radius 2 is 1.90 bits per heavy atom. The molecule has 3 rings (SSSR count). The van der Waals surface area contributed by atoms with Gasteiger partial charge in [-0.05, 0) is 30.9 Å². The van der Waals surface area contributed by atoms with Gasteiger partial charge in [-0.15, -0.1) is 0 Å². The Hall–Kier alpha value is -2.30. The van der Waals surface area contributed by atoms with Crippen LogP contribution in [0.15, 0.2) is 36.4 Å². The number of anilines is 1. The molecule has 1 fully saturated rings. The van der Waals surface area contributed by atoms with E-state index < -0.39 is 0 Å². The third kappa shape index (κ3) is 2.77. The average Bonchev–Trinajstić information content (AvgIpc) is 2.90. The van der Waals surface area contributed by atoms with Gasteiger partial charge in [0.15, 0.2) is 5.69 Å². The van der Waals surface area contributed by atoms with E-state index in [-0.39, 0.29) is 5.91 Å². The number of hydrogen-bond donors (Lipinski definition) is 1. The molecule has 0 spiro atoms. The van der Waals surface area contributed by atoms with Crippen LogP contribution >= 0.6 is 0 Å². The van der Waals surface area contributed by atoms with Crippen LogP contribution in [0.4, 0.5) is 5.82 Å². The number of para-hydroxylation sites is 1. The summed E-state index contributed by atoms with van der Waals surface area (Å²) >= 11 is 0. The SMILES string of the molecule is CC1CCN(C(=O)c2cc(N)n(-c3ccccc3)n2)CC1. The maximum absolute atomic E-state index is 12.5. The van der Waals surface area contributed by atoms with Gasteiger partial charge in [-0.25, -0.2) is 4.68 Å². The number of nitrogens with two attached hydrogens (primary N) is 1. The quantitative estimate of drug-likeness (QED) is 0.920. The first-order valence-electron chi connectivity index (χ1n) is 7.35. The number of benzene rings is 1. The Bertz CT molecular complexity index is 627.